The second-order valence-corrected chi connectivity index (χ2v) is 3.57. The van der Waals surface area contributed by atoms with Crippen molar-refractivity contribution in [3.05, 3.63) is 0 Å². The molecule has 0 saturated heterocycles. The van der Waals surface area contributed by atoms with E-state index in [0.29, 0.717) is 25.1 Å². The van der Waals surface area contributed by atoms with Gasteiger partial charge in [0.05, 0.1) is 0 Å². The van der Waals surface area contributed by atoms with Gasteiger partial charge in [0.25, 0.3) is 5.91 Å². The van der Waals surface area contributed by atoms with E-state index in [-0.39, 0.29) is 11.8 Å². The molecule has 1 aliphatic rings. The summed E-state index contributed by atoms with van der Waals surface area (Å²) in [5.41, 5.74) is 0.452. The molecule has 0 atom stereocenters. The monoisotopic (exact) mass is 211 g/mol. The number of unbranched alkanes of at least 4 members (excludes halogenated alkanes) is 1. The molecule has 0 aromatic carbocycles. The summed E-state index contributed by atoms with van der Waals surface area (Å²) in [5, 5.41) is 7.95. The SMILES string of the molecule is CCCCNC(=O)C1=NN(C)C(=O)CC1. The van der Waals surface area contributed by atoms with Crippen LogP contribution in [0.15, 0.2) is 5.10 Å². The zero-order valence-electron chi connectivity index (χ0n) is 9.25. The number of nitrogens with zero attached hydrogens (tertiary/aromatic N) is 2. The van der Waals surface area contributed by atoms with Crippen molar-refractivity contribution in [3.8, 4) is 0 Å². The molecule has 1 N–H and O–H groups in total. The van der Waals surface area contributed by atoms with Gasteiger partial charge in [-0.15, -0.1) is 0 Å². The largest absolute Gasteiger partial charge is 0.351 e. The summed E-state index contributed by atoms with van der Waals surface area (Å²) in [5.74, 6) is -0.192. The number of nitrogens with one attached hydrogen (secondary N) is 1. The molecule has 15 heavy (non-hydrogen) atoms. The lowest BCUT2D eigenvalue weighted by Crippen LogP contribution is -2.37. The first kappa shape index (κ1) is 11.7. The smallest absolute Gasteiger partial charge is 0.267 e. The van der Waals surface area contributed by atoms with Gasteiger partial charge in [0, 0.05) is 26.4 Å². The van der Waals surface area contributed by atoms with Crippen LogP contribution >= 0.6 is 0 Å². The van der Waals surface area contributed by atoms with E-state index in [4.69, 9.17) is 0 Å². The molecule has 0 radical (unpaired) electrons. The van der Waals surface area contributed by atoms with Crippen molar-refractivity contribution in [1.29, 1.82) is 0 Å². The van der Waals surface area contributed by atoms with Gasteiger partial charge in [0.2, 0.25) is 5.91 Å². The summed E-state index contributed by atoms with van der Waals surface area (Å²) < 4.78 is 0. The van der Waals surface area contributed by atoms with Crippen molar-refractivity contribution in [2.75, 3.05) is 13.6 Å². The normalized spacial score (nSPS) is 16.3. The third-order valence-corrected chi connectivity index (χ3v) is 2.29. The molecule has 0 aliphatic carbocycles. The van der Waals surface area contributed by atoms with Crippen molar-refractivity contribution in [1.82, 2.24) is 10.3 Å². The van der Waals surface area contributed by atoms with E-state index in [1.807, 2.05) is 0 Å². The molecule has 5 nitrogen and oxygen atoms in total. The van der Waals surface area contributed by atoms with Crippen LogP contribution in [0.5, 0.6) is 0 Å². The van der Waals surface area contributed by atoms with E-state index >= 15 is 0 Å². The molecule has 0 fully saturated rings. The lowest BCUT2D eigenvalue weighted by Gasteiger charge is -2.18. The van der Waals surface area contributed by atoms with Crippen molar-refractivity contribution >= 4 is 17.5 Å². The Morgan fingerprint density at radius 3 is 2.87 bits per heavy atom. The fraction of sp³-hybridized carbons (Fsp3) is 0.700. The highest BCUT2D eigenvalue weighted by atomic mass is 16.2. The minimum absolute atomic E-state index is 0.0416. The van der Waals surface area contributed by atoms with Gasteiger partial charge in [0.1, 0.15) is 5.71 Å². The molecule has 0 spiro atoms. The summed E-state index contributed by atoms with van der Waals surface area (Å²) >= 11 is 0. The lowest BCUT2D eigenvalue weighted by molar-refractivity contribution is -0.130. The Morgan fingerprint density at radius 1 is 1.53 bits per heavy atom. The molecule has 0 bridgehead atoms. The van der Waals surface area contributed by atoms with Gasteiger partial charge in [-0.05, 0) is 6.42 Å². The van der Waals surface area contributed by atoms with Crippen LogP contribution < -0.4 is 5.32 Å². The minimum Gasteiger partial charge on any atom is -0.351 e. The Balaban J connectivity index is 2.46. The second-order valence-electron chi connectivity index (χ2n) is 3.57. The second kappa shape index (κ2) is 5.48. The zero-order chi connectivity index (χ0) is 11.3. The highest BCUT2D eigenvalue weighted by Crippen LogP contribution is 2.06. The summed E-state index contributed by atoms with van der Waals surface area (Å²) in [7, 11) is 1.57. The Hall–Kier alpha value is -1.39. The van der Waals surface area contributed by atoms with Crippen LogP contribution in [0.2, 0.25) is 0 Å². The van der Waals surface area contributed by atoms with E-state index in [1.54, 1.807) is 7.05 Å². The van der Waals surface area contributed by atoms with Crippen molar-refractivity contribution in [2.24, 2.45) is 5.10 Å². The van der Waals surface area contributed by atoms with Crippen LogP contribution in [0.3, 0.4) is 0 Å². The lowest BCUT2D eigenvalue weighted by atomic mass is 10.1. The van der Waals surface area contributed by atoms with E-state index in [0.717, 1.165) is 12.8 Å². The van der Waals surface area contributed by atoms with Crippen LogP contribution in [0.1, 0.15) is 32.6 Å². The predicted molar refractivity (Wildman–Crippen MR) is 57.4 cm³/mol. The molecule has 0 aromatic rings. The standard InChI is InChI=1S/C10H17N3O2/c1-3-4-7-11-10(15)8-5-6-9(14)13(2)12-8/h3-7H2,1-2H3,(H,11,15). The Bertz CT molecular complexity index is 286. The van der Waals surface area contributed by atoms with E-state index in [1.165, 1.54) is 5.01 Å². The summed E-state index contributed by atoms with van der Waals surface area (Å²) in [6.07, 6.45) is 2.83. The number of rotatable bonds is 4. The summed E-state index contributed by atoms with van der Waals surface area (Å²) in [4.78, 5) is 22.7. The average molecular weight is 211 g/mol. The molecule has 2 amide bonds. The minimum atomic E-state index is -0.150. The van der Waals surface area contributed by atoms with E-state index in [2.05, 4.69) is 17.3 Å². The molecule has 1 rings (SSSR count). The predicted octanol–water partition coefficient (Wildman–Crippen LogP) is 0.511. The molecule has 5 heteroatoms. The number of carbonyl (C=O) groups is 2. The number of hydrazone groups is 1. The van der Waals surface area contributed by atoms with Crippen LogP contribution in [0, 0.1) is 0 Å². The van der Waals surface area contributed by atoms with Gasteiger partial charge in [-0.3, -0.25) is 9.59 Å². The van der Waals surface area contributed by atoms with Gasteiger partial charge in [-0.2, -0.15) is 5.10 Å². The summed E-state index contributed by atoms with van der Waals surface area (Å²) in [6.45, 7) is 2.74. The first-order valence-electron chi connectivity index (χ1n) is 5.27. The van der Waals surface area contributed by atoms with Crippen LogP contribution in [0.4, 0.5) is 0 Å². The quantitative estimate of drug-likeness (QED) is 0.689. The number of hydrogen-bond acceptors (Lipinski definition) is 3. The average Bonchev–Trinajstić information content (AvgIpc) is 2.22. The van der Waals surface area contributed by atoms with Crippen LogP contribution in [0.25, 0.3) is 0 Å². The highest BCUT2D eigenvalue weighted by molar-refractivity contribution is 6.39. The Labute approximate surface area is 89.5 Å². The van der Waals surface area contributed by atoms with Gasteiger partial charge in [0.15, 0.2) is 0 Å². The molecule has 0 unspecified atom stereocenters. The van der Waals surface area contributed by atoms with Gasteiger partial charge >= 0.3 is 0 Å². The molecule has 0 aromatic heterocycles. The fourth-order valence-electron chi connectivity index (χ4n) is 1.31. The third-order valence-electron chi connectivity index (χ3n) is 2.29. The van der Waals surface area contributed by atoms with E-state index in [9.17, 15) is 9.59 Å². The third kappa shape index (κ3) is 3.34. The molecule has 1 aliphatic heterocycles. The molecular formula is C10H17N3O2. The van der Waals surface area contributed by atoms with Crippen molar-refractivity contribution in [3.63, 3.8) is 0 Å². The number of carbonyl (C=O) groups excluding carboxylic acids is 2. The molecule has 0 saturated carbocycles. The topological polar surface area (TPSA) is 61.8 Å². The van der Waals surface area contributed by atoms with Crippen LogP contribution in [-0.2, 0) is 9.59 Å². The maximum absolute atomic E-state index is 11.5. The number of hydrogen-bond donors (Lipinski definition) is 1. The zero-order valence-corrected chi connectivity index (χ0v) is 9.25. The van der Waals surface area contributed by atoms with Gasteiger partial charge in [-0.25, -0.2) is 5.01 Å². The Morgan fingerprint density at radius 2 is 2.27 bits per heavy atom. The first-order valence-corrected chi connectivity index (χ1v) is 5.27. The van der Waals surface area contributed by atoms with Crippen molar-refractivity contribution in [2.45, 2.75) is 32.6 Å². The van der Waals surface area contributed by atoms with Gasteiger partial charge in [-0.1, -0.05) is 13.3 Å². The molecule has 84 valence electrons. The van der Waals surface area contributed by atoms with Crippen molar-refractivity contribution < 1.29 is 9.59 Å². The molecule has 1 heterocycles. The first-order chi connectivity index (χ1) is 7.15. The maximum atomic E-state index is 11.5. The maximum Gasteiger partial charge on any atom is 0.267 e. The molecular weight excluding hydrogens is 194 g/mol. The number of amides is 2. The van der Waals surface area contributed by atoms with Gasteiger partial charge < -0.3 is 5.32 Å². The summed E-state index contributed by atoms with van der Waals surface area (Å²) in [6, 6.07) is 0. The van der Waals surface area contributed by atoms with E-state index < -0.39 is 0 Å². The van der Waals surface area contributed by atoms with Crippen LogP contribution in [-0.4, -0.2) is 36.1 Å². The fourth-order valence-corrected chi connectivity index (χ4v) is 1.31. The highest BCUT2D eigenvalue weighted by Gasteiger charge is 2.21. The Kier molecular flexibility index (Phi) is 4.27.